The summed E-state index contributed by atoms with van der Waals surface area (Å²) in [7, 11) is 0. The van der Waals surface area contributed by atoms with E-state index in [9.17, 15) is 4.79 Å². The van der Waals surface area contributed by atoms with Crippen LogP contribution >= 0.6 is 15.9 Å². The van der Waals surface area contributed by atoms with Crippen LogP contribution in [0.25, 0.3) is 0 Å². The number of halogens is 1. The molecule has 2 aromatic rings. The summed E-state index contributed by atoms with van der Waals surface area (Å²) in [5, 5.41) is 11.7. The fraction of sp³-hybridized carbons (Fsp3) is 0.0714. The Balaban J connectivity index is 2.27. The molecule has 2 rings (SSSR count). The minimum Gasteiger partial charge on any atom is -0.322 e. The minimum atomic E-state index is -0.235. The first-order valence-corrected chi connectivity index (χ1v) is 6.33. The normalized spacial score (nSPS) is 9.74. The average molecular weight is 316 g/mol. The highest BCUT2D eigenvalue weighted by molar-refractivity contribution is 9.10. The van der Waals surface area contributed by atoms with Crippen LogP contribution in [0.1, 0.15) is 21.5 Å². The molecule has 0 aliphatic carbocycles. The Labute approximate surface area is 119 Å². The third-order valence-corrected chi connectivity index (χ3v) is 3.04. The second-order valence-corrected chi connectivity index (χ2v) is 4.78. The van der Waals surface area contributed by atoms with E-state index in [0.717, 1.165) is 5.56 Å². The zero-order chi connectivity index (χ0) is 13.8. The van der Waals surface area contributed by atoms with Crippen LogP contribution in [-0.2, 0) is 0 Å². The van der Waals surface area contributed by atoms with Crippen molar-refractivity contribution >= 4 is 27.5 Å². The maximum atomic E-state index is 12.1. The Kier molecular flexibility index (Phi) is 3.93. The van der Waals surface area contributed by atoms with Gasteiger partial charge in [-0.3, -0.25) is 4.79 Å². The number of nitrogens with one attached hydrogen (secondary N) is 1. The lowest BCUT2D eigenvalue weighted by molar-refractivity contribution is 0.102. The second-order valence-electron chi connectivity index (χ2n) is 3.96. The van der Waals surface area contributed by atoms with Crippen molar-refractivity contribution in [3.8, 4) is 6.07 Å². The van der Waals surface area contributed by atoms with Gasteiger partial charge in [-0.25, -0.2) is 4.98 Å². The van der Waals surface area contributed by atoms with Crippen molar-refractivity contribution in [3.05, 3.63) is 57.8 Å². The molecule has 0 saturated heterocycles. The molecule has 0 spiro atoms. The molecule has 1 N–H and O–H groups in total. The highest BCUT2D eigenvalue weighted by Gasteiger charge is 2.09. The van der Waals surface area contributed by atoms with E-state index >= 15 is 0 Å². The number of anilines is 1. The largest absolute Gasteiger partial charge is 0.322 e. The lowest BCUT2D eigenvalue weighted by Crippen LogP contribution is -2.13. The number of pyridine rings is 1. The van der Waals surface area contributed by atoms with Crippen molar-refractivity contribution in [2.24, 2.45) is 0 Å². The van der Waals surface area contributed by atoms with Gasteiger partial charge in [-0.15, -0.1) is 0 Å². The van der Waals surface area contributed by atoms with E-state index < -0.39 is 0 Å². The molecule has 0 aliphatic heterocycles. The number of rotatable bonds is 2. The molecule has 0 bridgehead atoms. The van der Waals surface area contributed by atoms with E-state index in [2.05, 4.69) is 26.2 Å². The molecule has 1 amide bonds. The van der Waals surface area contributed by atoms with Crippen LogP contribution in [0, 0.1) is 18.3 Å². The number of hydrogen-bond acceptors (Lipinski definition) is 3. The van der Waals surface area contributed by atoms with Gasteiger partial charge in [0.1, 0.15) is 4.60 Å². The summed E-state index contributed by atoms with van der Waals surface area (Å²) in [6.07, 6.45) is 1.55. The zero-order valence-corrected chi connectivity index (χ0v) is 11.7. The number of carbonyl (C=O) groups is 1. The predicted molar refractivity (Wildman–Crippen MR) is 75.8 cm³/mol. The van der Waals surface area contributed by atoms with Crippen LogP contribution in [0.2, 0.25) is 0 Å². The van der Waals surface area contributed by atoms with E-state index in [1.165, 1.54) is 0 Å². The van der Waals surface area contributed by atoms with Crippen LogP contribution in [0.4, 0.5) is 5.69 Å². The van der Waals surface area contributed by atoms with Gasteiger partial charge in [-0.05, 0) is 52.7 Å². The Morgan fingerprint density at radius 3 is 2.84 bits per heavy atom. The monoisotopic (exact) mass is 315 g/mol. The molecular weight excluding hydrogens is 306 g/mol. The highest BCUT2D eigenvalue weighted by Crippen LogP contribution is 2.18. The second kappa shape index (κ2) is 5.63. The fourth-order valence-corrected chi connectivity index (χ4v) is 1.93. The van der Waals surface area contributed by atoms with Gasteiger partial charge >= 0.3 is 0 Å². The van der Waals surface area contributed by atoms with E-state index in [1.54, 1.807) is 36.5 Å². The van der Waals surface area contributed by atoms with E-state index in [-0.39, 0.29) is 5.91 Å². The molecule has 0 fully saturated rings. The SMILES string of the molecule is Cc1ccc(C#N)cc1NC(=O)c1ccnc(Br)c1. The molecule has 4 nitrogen and oxygen atoms in total. The molecule has 0 saturated carbocycles. The molecule has 94 valence electrons. The Morgan fingerprint density at radius 2 is 2.16 bits per heavy atom. The maximum Gasteiger partial charge on any atom is 0.255 e. The van der Waals surface area contributed by atoms with Gasteiger partial charge in [-0.2, -0.15) is 5.26 Å². The number of hydrogen-bond donors (Lipinski definition) is 1. The summed E-state index contributed by atoms with van der Waals surface area (Å²) in [5.74, 6) is -0.235. The lowest BCUT2D eigenvalue weighted by Gasteiger charge is -2.08. The van der Waals surface area contributed by atoms with Crippen LogP contribution in [0.3, 0.4) is 0 Å². The van der Waals surface area contributed by atoms with Crippen molar-refractivity contribution in [1.82, 2.24) is 4.98 Å². The summed E-state index contributed by atoms with van der Waals surface area (Å²) in [6.45, 7) is 1.87. The molecule has 5 heteroatoms. The van der Waals surface area contributed by atoms with Crippen molar-refractivity contribution in [2.45, 2.75) is 6.92 Å². The molecular formula is C14H10BrN3O. The summed E-state index contributed by atoms with van der Waals surface area (Å²) in [6, 6.07) is 10.5. The molecule has 0 atom stereocenters. The molecule has 19 heavy (non-hydrogen) atoms. The van der Waals surface area contributed by atoms with Gasteiger partial charge in [0.2, 0.25) is 0 Å². The van der Waals surface area contributed by atoms with Crippen molar-refractivity contribution < 1.29 is 4.79 Å². The summed E-state index contributed by atoms with van der Waals surface area (Å²) >= 11 is 3.22. The predicted octanol–water partition coefficient (Wildman–Crippen LogP) is 3.28. The number of aromatic nitrogens is 1. The van der Waals surface area contributed by atoms with Crippen molar-refractivity contribution in [1.29, 1.82) is 5.26 Å². The maximum absolute atomic E-state index is 12.1. The van der Waals surface area contributed by atoms with Crippen LogP contribution in [0.15, 0.2) is 41.1 Å². The Bertz CT molecular complexity index is 677. The first-order chi connectivity index (χ1) is 9.10. The first-order valence-electron chi connectivity index (χ1n) is 5.54. The van der Waals surface area contributed by atoms with Gasteiger partial charge in [0.15, 0.2) is 0 Å². The van der Waals surface area contributed by atoms with Crippen LogP contribution < -0.4 is 5.32 Å². The van der Waals surface area contributed by atoms with Crippen LogP contribution in [-0.4, -0.2) is 10.9 Å². The minimum absolute atomic E-state index is 0.235. The zero-order valence-electron chi connectivity index (χ0n) is 10.1. The van der Waals surface area contributed by atoms with Gasteiger partial charge in [0.25, 0.3) is 5.91 Å². The first kappa shape index (κ1) is 13.2. The van der Waals surface area contributed by atoms with Gasteiger partial charge in [0.05, 0.1) is 11.6 Å². The topological polar surface area (TPSA) is 65.8 Å². The third kappa shape index (κ3) is 3.18. The summed E-state index contributed by atoms with van der Waals surface area (Å²) in [5.41, 5.74) is 2.55. The highest BCUT2D eigenvalue weighted by atomic mass is 79.9. The van der Waals surface area contributed by atoms with E-state index in [1.807, 2.05) is 13.0 Å². The van der Waals surface area contributed by atoms with Crippen molar-refractivity contribution in [2.75, 3.05) is 5.32 Å². The van der Waals surface area contributed by atoms with Crippen molar-refractivity contribution in [3.63, 3.8) is 0 Å². The number of aryl methyl sites for hydroxylation is 1. The number of amides is 1. The summed E-state index contributed by atoms with van der Waals surface area (Å²) in [4.78, 5) is 16.0. The molecule has 1 aromatic carbocycles. The van der Waals surface area contributed by atoms with Crippen LogP contribution in [0.5, 0.6) is 0 Å². The smallest absolute Gasteiger partial charge is 0.255 e. The number of carbonyl (C=O) groups excluding carboxylic acids is 1. The molecule has 0 unspecified atom stereocenters. The summed E-state index contributed by atoms with van der Waals surface area (Å²) < 4.78 is 0.600. The molecule has 1 heterocycles. The van der Waals surface area contributed by atoms with Gasteiger partial charge in [-0.1, -0.05) is 6.07 Å². The lowest BCUT2D eigenvalue weighted by atomic mass is 10.1. The van der Waals surface area contributed by atoms with E-state index in [4.69, 9.17) is 5.26 Å². The molecule has 0 radical (unpaired) electrons. The number of nitrogens with zero attached hydrogens (tertiary/aromatic N) is 2. The van der Waals surface area contributed by atoms with Gasteiger partial charge < -0.3 is 5.32 Å². The number of benzene rings is 1. The average Bonchev–Trinajstić information content (AvgIpc) is 2.41. The molecule has 1 aromatic heterocycles. The fourth-order valence-electron chi connectivity index (χ4n) is 1.56. The Hall–Kier alpha value is -2.19. The van der Waals surface area contributed by atoms with Gasteiger partial charge in [0, 0.05) is 17.4 Å². The third-order valence-electron chi connectivity index (χ3n) is 2.60. The quantitative estimate of drug-likeness (QED) is 0.865. The number of nitriles is 1. The molecule has 0 aliphatic rings. The standard InChI is InChI=1S/C14H10BrN3O/c1-9-2-3-10(8-16)6-12(9)18-14(19)11-4-5-17-13(15)7-11/h2-7H,1H3,(H,18,19). The Morgan fingerprint density at radius 1 is 1.37 bits per heavy atom. The van der Waals surface area contributed by atoms with E-state index in [0.29, 0.717) is 21.4 Å².